The van der Waals surface area contributed by atoms with Gasteiger partial charge in [0.2, 0.25) is 0 Å². The van der Waals surface area contributed by atoms with E-state index in [-0.39, 0.29) is 0 Å². The molecule has 3 fully saturated rings. The van der Waals surface area contributed by atoms with Gasteiger partial charge in [0, 0.05) is 24.2 Å². The Morgan fingerprint density at radius 2 is 1.03 bits per heavy atom. The van der Waals surface area contributed by atoms with Gasteiger partial charge in [-0.2, -0.15) is 0 Å². The summed E-state index contributed by atoms with van der Waals surface area (Å²) in [7, 11) is 0. The van der Waals surface area contributed by atoms with Crippen LogP contribution in [0.5, 0.6) is 0 Å². The first-order valence-corrected chi connectivity index (χ1v) is 14.4. The highest BCUT2D eigenvalue weighted by atomic mass is 15.0. The Morgan fingerprint density at radius 1 is 0.600 bits per heavy atom. The molecule has 3 aliphatic rings. The van der Waals surface area contributed by atoms with Crippen molar-refractivity contribution in [1.82, 2.24) is 21.3 Å². The van der Waals surface area contributed by atoms with Gasteiger partial charge in [-0.15, -0.1) is 0 Å². The van der Waals surface area contributed by atoms with E-state index < -0.39 is 0 Å². The van der Waals surface area contributed by atoms with Crippen molar-refractivity contribution in [3.05, 3.63) is 71.8 Å². The Kier molecular flexibility index (Phi) is 9.27. The van der Waals surface area contributed by atoms with Gasteiger partial charge in [-0.25, -0.2) is 0 Å². The van der Waals surface area contributed by atoms with Crippen LogP contribution in [0.1, 0.15) is 81.0 Å². The summed E-state index contributed by atoms with van der Waals surface area (Å²) >= 11 is 0. The predicted molar refractivity (Wildman–Crippen MR) is 146 cm³/mol. The fourth-order valence-corrected chi connectivity index (χ4v) is 5.34. The van der Waals surface area contributed by atoms with Crippen LogP contribution in [-0.2, 0) is 0 Å². The van der Waals surface area contributed by atoms with Gasteiger partial charge in [0.05, 0.1) is 0 Å². The fourth-order valence-electron chi connectivity index (χ4n) is 5.34. The molecule has 3 aliphatic carbocycles. The van der Waals surface area contributed by atoms with Crippen molar-refractivity contribution in [3.63, 3.8) is 0 Å². The smallest absolute Gasteiger partial charge is 0.0320 e. The van der Waals surface area contributed by atoms with Gasteiger partial charge in [-0.05, 0) is 107 Å². The second-order valence-corrected chi connectivity index (χ2v) is 11.2. The molecular weight excluding hydrogens is 428 g/mol. The van der Waals surface area contributed by atoms with Crippen molar-refractivity contribution in [2.75, 3.05) is 26.2 Å². The summed E-state index contributed by atoms with van der Waals surface area (Å²) in [5.41, 5.74) is 2.89. The normalized spacial score (nSPS) is 23.2. The Balaban J connectivity index is 1.04. The third kappa shape index (κ3) is 8.71. The van der Waals surface area contributed by atoms with Crippen LogP contribution in [0.3, 0.4) is 0 Å². The molecule has 4 N–H and O–H groups in total. The molecule has 4 unspecified atom stereocenters. The summed E-state index contributed by atoms with van der Waals surface area (Å²) in [6, 6.07) is 24.7. The predicted octanol–water partition coefficient (Wildman–Crippen LogP) is 5.35. The summed E-state index contributed by atoms with van der Waals surface area (Å²) in [6.45, 7) is 4.60. The van der Waals surface area contributed by atoms with Crippen LogP contribution < -0.4 is 21.3 Å². The van der Waals surface area contributed by atoms with E-state index in [1.165, 1.54) is 68.9 Å². The lowest BCUT2D eigenvalue weighted by Gasteiger charge is -2.21. The fraction of sp³-hybridized carbons (Fsp3) is 0.613. The lowest BCUT2D eigenvalue weighted by Crippen LogP contribution is -2.28. The minimum Gasteiger partial charge on any atom is -0.314 e. The zero-order valence-corrected chi connectivity index (χ0v) is 21.4. The monoisotopic (exact) mass is 474 g/mol. The summed E-state index contributed by atoms with van der Waals surface area (Å²) in [5.74, 6) is 1.62. The van der Waals surface area contributed by atoms with Crippen LogP contribution in [0.25, 0.3) is 0 Å². The minimum atomic E-state index is 0.474. The molecule has 0 saturated heterocycles. The third-order valence-electron chi connectivity index (χ3n) is 8.09. The van der Waals surface area contributed by atoms with Crippen LogP contribution in [0.2, 0.25) is 0 Å². The maximum absolute atomic E-state index is 3.95. The number of rotatable bonds is 18. The average Bonchev–Trinajstić information content (AvgIpc) is 3.75. The van der Waals surface area contributed by atoms with Crippen LogP contribution in [0.4, 0.5) is 0 Å². The van der Waals surface area contributed by atoms with Crippen molar-refractivity contribution in [1.29, 1.82) is 0 Å². The van der Waals surface area contributed by atoms with Gasteiger partial charge in [-0.3, -0.25) is 0 Å². The molecular formula is C31H46N4. The Hall–Kier alpha value is -1.72. The quantitative estimate of drug-likeness (QED) is 0.220. The zero-order valence-electron chi connectivity index (χ0n) is 21.4. The molecule has 0 heterocycles. The summed E-state index contributed by atoms with van der Waals surface area (Å²) in [5, 5.41) is 15.2. The van der Waals surface area contributed by atoms with Crippen molar-refractivity contribution in [3.8, 4) is 0 Å². The molecule has 5 rings (SSSR count). The molecule has 0 radical (unpaired) electrons. The van der Waals surface area contributed by atoms with E-state index in [1.807, 2.05) is 0 Å². The SMILES string of the molecule is c1ccc(C(CCCNC2CC2)NCC2CC2CNC(CCCNC2CC2)c2ccccc2)cc1. The Labute approximate surface area is 213 Å². The largest absolute Gasteiger partial charge is 0.314 e. The highest BCUT2D eigenvalue weighted by Gasteiger charge is 2.37. The van der Waals surface area contributed by atoms with Crippen LogP contribution in [0.15, 0.2) is 60.7 Å². The van der Waals surface area contributed by atoms with E-state index in [0.717, 1.165) is 50.1 Å². The molecule has 0 aromatic heterocycles. The molecule has 4 nitrogen and oxygen atoms in total. The standard InChI is InChI=1S/C31H46N4/c1-3-9-24(10-4-1)30(13-7-19-32-28-15-16-28)34-22-26-21-27(26)23-35-31(25-11-5-2-6-12-25)14-8-20-33-29-17-18-29/h1-6,9-12,26-35H,7-8,13-23H2. The molecule has 3 saturated carbocycles. The first-order valence-electron chi connectivity index (χ1n) is 14.4. The maximum Gasteiger partial charge on any atom is 0.0320 e. The van der Waals surface area contributed by atoms with E-state index in [9.17, 15) is 0 Å². The Bertz CT molecular complexity index is 777. The van der Waals surface area contributed by atoms with Gasteiger partial charge in [0.1, 0.15) is 0 Å². The number of hydrogen-bond donors (Lipinski definition) is 4. The first-order chi connectivity index (χ1) is 17.3. The van der Waals surface area contributed by atoms with Crippen molar-refractivity contribution in [2.24, 2.45) is 11.8 Å². The molecule has 0 aliphatic heterocycles. The topological polar surface area (TPSA) is 48.1 Å². The maximum atomic E-state index is 3.95. The van der Waals surface area contributed by atoms with Gasteiger partial charge < -0.3 is 21.3 Å². The highest BCUT2D eigenvalue weighted by molar-refractivity contribution is 5.20. The third-order valence-corrected chi connectivity index (χ3v) is 8.09. The molecule has 2 aromatic rings. The van der Waals surface area contributed by atoms with Crippen molar-refractivity contribution in [2.45, 2.75) is 82.0 Å². The zero-order chi connectivity index (χ0) is 23.7. The molecule has 0 bridgehead atoms. The first kappa shape index (κ1) is 25.0. The average molecular weight is 475 g/mol. The minimum absolute atomic E-state index is 0.474. The molecule has 4 atom stereocenters. The number of benzene rings is 2. The van der Waals surface area contributed by atoms with Gasteiger partial charge in [0.25, 0.3) is 0 Å². The lowest BCUT2D eigenvalue weighted by atomic mass is 10.0. The van der Waals surface area contributed by atoms with E-state index in [4.69, 9.17) is 0 Å². The van der Waals surface area contributed by atoms with Crippen molar-refractivity contribution < 1.29 is 0 Å². The number of nitrogens with one attached hydrogen (secondary N) is 4. The van der Waals surface area contributed by atoms with Gasteiger partial charge in [-0.1, -0.05) is 60.7 Å². The molecule has 35 heavy (non-hydrogen) atoms. The van der Waals surface area contributed by atoms with Gasteiger partial charge in [0.15, 0.2) is 0 Å². The molecule has 0 spiro atoms. The Morgan fingerprint density at radius 3 is 1.43 bits per heavy atom. The van der Waals surface area contributed by atoms with E-state index in [2.05, 4.69) is 81.9 Å². The second kappa shape index (κ2) is 13.0. The van der Waals surface area contributed by atoms with Crippen LogP contribution in [0, 0.1) is 11.8 Å². The summed E-state index contributed by atoms with van der Waals surface area (Å²) < 4.78 is 0. The number of hydrogen-bond acceptors (Lipinski definition) is 4. The molecule has 4 heteroatoms. The van der Waals surface area contributed by atoms with Crippen molar-refractivity contribution >= 4 is 0 Å². The summed E-state index contributed by atoms with van der Waals surface area (Å²) in [6.07, 6.45) is 11.8. The van der Waals surface area contributed by atoms with E-state index in [1.54, 1.807) is 0 Å². The second-order valence-electron chi connectivity index (χ2n) is 11.2. The lowest BCUT2D eigenvalue weighted by molar-refractivity contribution is 0.433. The van der Waals surface area contributed by atoms with Crippen LogP contribution >= 0.6 is 0 Å². The molecule has 0 amide bonds. The highest BCUT2D eigenvalue weighted by Crippen LogP contribution is 2.38. The summed E-state index contributed by atoms with van der Waals surface area (Å²) in [4.78, 5) is 0. The van der Waals surface area contributed by atoms with E-state index >= 15 is 0 Å². The van der Waals surface area contributed by atoms with E-state index in [0.29, 0.717) is 12.1 Å². The van der Waals surface area contributed by atoms with Crippen LogP contribution in [-0.4, -0.2) is 38.3 Å². The molecule has 2 aromatic carbocycles. The van der Waals surface area contributed by atoms with Gasteiger partial charge >= 0.3 is 0 Å². The molecule has 190 valence electrons.